The van der Waals surface area contributed by atoms with E-state index in [1.807, 2.05) is 52.1 Å². The molecule has 0 aliphatic carbocycles. The number of halogens is 2. The number of alkyl halides is 2. The molecule has 8 nitrogen and oxygen atoms in total. The van der Waals surface area contributed by atoms with Gasteiger partial charge in [0.1, 0.15) is 22.0 Å². The third-order valence-electron chi connectivity index (χ3n) is 6.51. The van der Waals surface area contributed by atoms with Crippen LogP contribution in [0.15, 0.2) is 72.8 Å². The highest BCUT2D eigenvalue weighted by Gasteiger charge is 2.38. The fourth-order valence-corrected chi connectivity index (χ4v) is 4.34. The highest BCUT2D eigenvalue weighted by Crippen LogP contribution is 2.30. The lowest BCUT2D eigenvalue weighted by Gasteiger charge is -2.23. The number of carbonyl (C=O) groups excluding carboxylic acids is 3. The van der Waals surface area contributed by atoms with Crippen LogP contribution in [0.25, 0.3) is 21.5 Å². The van der Waals surface area contributed by atoms with Crippen LogP contribution in [0.1, 0.15) is 47.4 Å². The Labute approximate surface area is 263 Å². The highest BCUT2D eigenvalue weighted by molar-refractivity contribution is 14.1. The molecule has 0 bridgehead atoms. The van der Waals surface area contributed by atoms with Gasteiger partial charge in [0, 0.05) is 0 Å². The summed E-state index contributed by atoms with van der Waals surface area (Å²) in [4.78, 5) is 49.3. The van der Waals surface area contributed by atoms with Crippen LogP contribution in [-0.4, -0.2) is 42.9 Å². The van der Waals surface area contributed by atoms with Crippen molar-refractivity contribution < 1.29 is 38.5 Å². The Balaban J connectivity index is 1.41. The molecular formula is C31H26I2O8. The third-order valence-corrected chi connectivity index (χ3v) is 9.41. The van der Waals surface area contributed by atoms with Gasteiger partial charge in [-0.3, -0.25) is 9.59 Å². The predicted molar refractivity (Wildman–Crippen MR) is 172 cm³/mol. The van der Waals surface area contributed by atoms with Crippen molar-refractivity contribution in [1.82, 2.24) is 0 Å². The van der Waals surface area contributed by atoms with E-state index < -0.39 is 21.3 Å². The summed E-state index contributed by atoms with van der Waals surface area (Å²) in [6.45, 7) is 3.52. The van der Waals surface area contributed by atoms with Gasteiger partial charge in [0.25, 0.3) is 0 Å². The fraction of sp³-hybridized carbons (Fsp3) is 0.226. The number of rotatable bonds is 10. The van der Waals surface area contributed by atoms with Crippen molar-refractivity contribution in [3.8, 4) is 11.5 Å². The lowest BCUT2D eigenvalue weighted by molar-refractivity contribution is -0.137. The number of aromatic carboxylic acids is 1. The van der Waals surface area contributed by atoms with Crippen molar-refractivity contribution in [2.45, 2.75) is 34.0 Å². The van der Waals surface area contributed by atoms with Gasteiger partial charge in [-0.1, -0.05) is 83.3 Å². The molecule has 212 valence electrons. The minimum Gasteiger partial charge on any atom is -0.478 e. The number of hydrogen-bond donors (Lipinski definition) is 1. The van der Waals surface area contributed by atoms with Gasteiger partial charge in [-0.2, -0.15) is 0 Å². The van der Waals surface area contributed by atoms with Crippen molar-refractivity contribution in [1.29, 1.82) is 0 Å². The van der Waals surface area contributed by atoms with E-state index in [-0.39, 0.29) is 22.1 Å². The van der Waals surface area contributed by atoms with E-state index in [2.05, 4.69) is 0 Å². The van der Waals surface area contributed by atoms with Crippen LogP contribution < -0.4 is 9.47 Å². The second-order valence-corrected chi connectivity index (χ2v) is 12.9. The summed E-state index contributed by atoms with van der Waals surface area (Å²) in [5, 5.41) is 12.2. The summed E-state index contributed by atoms with van der Waals surface area (Å²) in [7, 11) is 0. The molecule has 41 heavy (non-hydrogen) atoms. The van der Waals surface area contributed by atoms with Gasteiger partial charge < -0.3 is 19.3 Å². The van der Waals surface area contributed by atoms with Crippen molar-refractivity contribution in [2.75, 3.05) is 6.61 Å². The van der Waals surface area contributed by atoms with Crippen LogP contribution in [0.4, 0.5) is 0 Å². The minimum atomic E-state index is -1.12. The van der Waals surface area contributed by atoms with Crippen LogP contribution in [0.3, 0.4) is 0 Å². The zero-order valence-electron chi connectivity index (χ0n) is 22.2. The first-order chi connectivity index (χ1) is 19.5. The Morgan fingerprint density at radius 2 is 1.29 bits per heavy atom. The van der Waals surface area contributed by atoms with Gasteiger partial charge in [0.15, 0.2) is 3.42 Å². The molecule has 0 aliphatic heterocycles. The van der Waals surface area contributed by atoms with Crippen LogP contribution in [0, 0.1) is 0 Å². The van der Waals surface area contributed by atoms with Crippen molar-refractivity contribution in [2.24, 2.45) is 0 Å². The highest BCUT2D eigenvalue weighted by atomic mass is 127. The molecule has 0 aromatic heterocycles. The zero-order valence-corrected chi connectivity index (χ0v) is 26.5. The number of benzene rings is 4. The molecule has 4 aromatic rings. The number of esters is 3. The Kier molecular flexibility index (Phi) is 9.84. The summed E-state index contributed by atoms with van der Waals surface area (Å²) in [5.41, 5.74) is 0.485. The normalized spacial score (nSPS) is 13.3. The molecule has 10 heteroatoms. The topological polar surface area (TPSA) is 116 Å². The number of hydrogen-bond acceptors (Lipinski definition) is 7. The van der Waals surface area contributed by atoms with Crippen LogP contribution >= 0.6 is 45.2 Å². The first-order valence-electron chi connectivity index (χ1n) is 12.8. The number of ether oxygens (including phenoxy) is 3. The smallest absolute Gasteiger partial charge is 0.338 e. The number of carbonyl (C=O) groups is 4. The molecule has 0 spiro atoms. The lowest BCUT2D eigenvalue weighted by Crippen LogP contribution is -2.40. The standard InChI is InChI=1S/C31H26I2O8/c1-3-26(32)29(37)40-24-11-9-19-14-23(8-6-21(19)15-24)28(36)39-17-31(33,4-2)30(38)41-25-12-10-18-13-22(27(34)35)7-5-20(18)16-25/h5-16,26H,3-4,17H2,1-2H3,(H,34,35). The molecule has 0 fully saturated rings. The quantitative estimate of drug-likeness (QED) is 0.0781. The Morgan fingerprint density at radius 1 is 0.780 bits per heavy atom. The molecular weight excluding hydrogens is 754 g/mol. The average molecular weight is 780 g/mol. The minimum absolute atomic E-state index is 0.166. The van der Waals surface area contributed by atoms with E-state index in [1.165, 1.54) is 6.07 Å². The average Bonchev–Trinajstić information content (AvgIpc) is 2.98. The molecule has 0 aliphatic rings. The van der Waals surface area contributed by atoms with Gasteiger partial charge >= 0.3 is 23.9 Å². The second kappa shape index (κ2) is 13.1. The Hall–Kier alpha value is -3.26. The lowest BCUT2D eigenvalue weighted by atomic mass is 10.1. The van der Waals surface area contributed by atoms with Gasteiger partial charge in [-0.15, -0.1) is 0 Å². The van der Waals surface area contributed by atoms with Crippen LogP contribution in [0.5, 0.6) is 11.5 Å². The molecule has 0 amide bonds. The number of carboxylic acid groups (broad SMARTS) is 1. The fourth-order valence-electron chi connectivity index (χ4n) is 3.95. The summed E-state index contributed by atoms with van der Waals surface area (Å²) in [6, 6.07) is 19.8. The second-order valence-electron chi connectivity index (χ2n) is 9.33. The van der Waals surface area contributed by atoms with Gasteiger partial charge in [-0.05, 0) is 82.9 Å². The molecule has 2 unspecified atom stereocenters. The summed E-state index contributed by atoms with van der Waals surface area (Å²) in [5.74, 6) is -1.74. The van der Waals surface area contributed by atoms with Crippen LogP contribution in [0.2, 0.25) is 0 Å². The van der Waals surface area contributed by atoms with E-state index in [9.17, 15) is 24.3 Å². The Morgan fingerprint density at radius 3 is 1.85 bits per heavy atom. The van der Waals surface area contributed by atoms with Crippen molar-refractivity contribution >= 4 is 90.6 Å². The van der Waals surface area contributed by atoms with E-state index >= 15 is 0 Å². The van der Waals surface area contributed by atoms with E-state index in [0.29, 0.717) is 35.3 Å². The molecule has 2 atom stereocenters. The molecule has 0 heterocycles. The first-order valence-corrected chi connectivity index (χ1v) is 15.1. The maximum absolute atomic E-state index is 13.1. The van der Waals surface area contributed by atoms with E-state index in [0.717, 1.165) is 16.2 Å². The van der Waals surface area contributed by atoms with E-state index in [4.69, 9.17) is 14.2 Å². The number of carboxylic acids is 1. The SMILES string of the molecule is CCC(I)C(=O)Oc1ccc2cc(C(=O)OCC(I)(CC)C(=O)Oc3ccc4cc(C(=O)O)ccc4c3)ccc2c1. The van der Waals surface area contributed by atoms with Crippen molar-refractivity contribution in [3.63, 3.8) is 0 Å². The zero-order chi connectivity index (χ0) is 29.7. The van der Waals surface area contributed by atoms with E-state index in [1.54, 1.807) is 73.7 Å². The first kappa shape index (κ1) is 30.7. The van der Waals surface area contributed by atoms with Crippen molar-refractivity contribution in [3.05, 3.63) is 83.9 Å². The van der Waals surface area contributed by atoms with Gasteiger partial charge in [0.2, 0.25) is 0 Å². The Bertz CT molecular complexity index is 1650. The van der Waals surface area contributed by atoms with Gasteiger partial charge in [-0.25, -0.2) is 9.59 Å². The third kappa shape index (κ3) is 7.34. The molecule has 0 saturated carbocycles. The molecule has 0 radical (unpaired) electrons. The van der Waals surface area contributed by atoms with Crippen LogP contribution in [-0.2, 0) is 14.3 Å². The summed E-state index contributed by atoms with van der Waals surface area (Å²) < 4.78 is 15.2. The monoisotopic (exact) mass is 780 g/mol. The molecule has 4 rings (SSSR count). The van der Waals surface area contributed by atoms with Gasteiger partial charge in [0.05, 0.1) is 11.1 Å². The summed E-state index contributed by atoms with van der Waals surface area (Å²) in [6.07, 6.45) is 1.03. The summed E-state index contributed by atoms with van der Waals surface area (Å²) >= 11 is 4.00. The molecule has 4 aromatic carbocycles. The predicted octanol–water partition coefficient (Wildman–Crippen LogP) is 7.16. The molecule has 0 saturated heterocycles. The number of fused-ring (bicyclic) bond motifs is 2. The maximum atomic E-state index is 13.1. The molecule has 1 N–H and O–H groups in total. The largest absolute Gasteiger partial charge is 0.478 e. The maximum Gasteiger partial charge on any atom is 0.338 e.